The van der Waals surface area contributed by atoms with Crippen LogP contribution in [-0.4, -0.2) is 20.1 Å². The Balaban J connectivity index is 2.28. The number of ether oxygens (including phenoxy) is 1. The molecular weight excluding hydrogens is 272 g/mol. The summed E-state index contributed by atoms with van der Waals surface area (Å²) in [4.78, 5) is 0. The Morgan fingerprint density at radius 1 is 1.24 bits per heavy atom. The molecule has 0 heterocycles. The topological polar surface area (TPSA) is 21.3 Å². The van der Waals surface area contributed by atoms with Gasteiger partial charge in [0.15, 0.2) is 0 Å². The van der Waals surface area contributed by atoms with Crippen molar-refractivity contribution in [2.24, 2.45) is 5.92 Å². The largest absolute Gasteiger partial charge is 0.496 e. The third-order valence-electron chi connectivity index (χ3n) is 4.79. The number of hydrogen-bond donors (Lipinski definition) is 1. The maximum Gasteiger partial charge on any atom is 0.248 e. The summed E-state index contributed by atoms with van der Waals surface area (Å²) in [6, 6.07) is 4.21. The molecule has 1 aliphatic rings. The predicted molar refractivity (Wildman–Crippen MR) is 81.2 cm³/mol. The molecule has 1 unspecified atom stereocenters. The highest BCUT2D eigenvalue weighted by Gasteiger charge is 2.38. The van der Waals surface area contributed by atoms with E-state index in [9.17, 15) is 8.78 Å². The van der Waals surface area contributed by atoms with E-state index in [-0.39, 0.29) is 24.8 Å². The molecular formula is C17H25F2NO. The Kier molecular flexibility index (Phi) is 4.87. The van der Waals surface area contributed by atoms with Gasteiger partial charge < -0.3 is 10.1 Å². The van der Waals surface area contributed by atoms with Crippen molar-refractivity contribution in [3.63, 3.8) is 0 Å². The van der Waals surface area contributed by atoms with Crippen molar-refractivity contribution in [3.8, 4) is 5.75 Å². The lowest BCUT2D eigenvalue weighted by atomic mass is 9.79. The molecule has 1 aromatic carbocycles. The average Bonchev–Trinajstić information content (AvgIpc) is 2.45. The van der Waals surface area contributed by atoms with Crippen LogP contribution in [0.4, 0.5) is 8.78 Å². The molecule has 1 aliphatic carbocycles. The van der Waals surface area contributed by atoms with Gasteiger partial charge in [0, 0.05) is 24.4 Å². The smallest absolute Gasteiger partial charge is 0.248 e. The van der Waals surface area contributed by atoms with Crippen LogP contribution in [0, 0.1) is 19.8 Å². The molecule has 21 heavy (non-hydrogen) atoms. The number of halogens is 2. The lowest BCUT2D eigenvalue weighted by molar-refractivity contribution is -0.0495. The Morgan fingerprint density at radius 3 is 2.38 bits per heavy atom. The molecule has 0 aliphatic heterocycles. The lowest BCUT2D eigenvalue weighted by Crippen LogP contribution is -2.32. The summed E-state index contributed by atoms with van der Waals surface area (Å²) in [7, 11) is 3.57. The van der Waals surface area contributed by atoms with Crippen molar-refractivity contribution in [1.29, 1.82) is 0 Å². The van der Waals surface area contributed by atoms with E-state index in [4.69, 9.17) is 4.74 Å². The third kappa shape index (κ3) is 3.37. The van der Waals surface area contributed by atoms with Crippen molar-refractivity contribution in [2.75, 3.05) is 14.2 Å². The number of alkyl halides is 2. The van der Waals surface area contributed by atoms with Gasteiger partial charge in [-0.15, -0.1) is 0 Å². The Morgan fingerprint density at radius 2 is 1.86 bits per heavy atom. The van der Waals surface area contributed by atoms with Gasteiger partial charge in [0.05, 0.1) is 7.11 Å². The summed E-state index contributed by atoms with van der Waals surface area (Å²) in [5.41, 5.74) is 3.38. The lowest BCUT2D eigenvalue weighted by Gasteiger charge is -2.34. The molecule has 1 N–H and O–H groups in total. The highest BCUT2D eigenvalue weighted by Crippen LogP contribution is 2.43. The molecule has 4 heteroatoms. The van der Waals surface area contributed by atoms with Crippen LogP contribution in [0.15, 0.2) is 12.1 Å². The molecule has 0 saturated heterocycles. The summed E-state index contributed by atoms with van der Waals surface area (Å²) < 4.78 is 32.3. The fraction of sp³-hybridized carbons (Fsp3) is 0.647. The number of benzene rings is 1. The van der Waals surface area contributed by atoms with Crippen molar-refractivity contribution in [1.82, 2.24) is 5.32 Å². The van der Waals surface area contributed by atoms with E-state index in [1.807, 2.05) is 14.0 Å². The normalized spacial score (nSPS) is 20.3. The Labute approximate surface area is 125 Å². The second kappa shape index (κ2) is 6.30. The van der Waals surface area contributed by atoms with Gasteiger partial charge in [-0.1, -0.05) is 12.1 Å². The Bertz CT molecular complexity index is 492. The van der Waals surface area contributed by atoms with Crippen molar-refractivity contribution in [2.45, 2.75) is 51.5 Å². The van der Waals surface area contributed by atoms with Crippen LogP contribution in [0.3, 0.4) is 0 Å². The zero-order chi connectivity index (χ0) is 15.6. The zero-order valence-corrected chi connectivity index (χ0v) is 13.3. The third-order valence-corrected chi connectivity index (χ3v) is 4.79. The first-order chi connectivity index (χ1) is 9.89. The first-order valence-corrected chi connectivity index (χ1v) is 7.59. The summed E-state index contributed by atoms with van der Waals surface area (Å²) in [6.07, 6.45) is 1.08. The van der Waals surface area contributed by atoms with Gasteiger partial charge in [-0.2, -0.15) is 0 Å². The second-order valence-electron chi connectivity index (χ2n) is 6.09. The molecule has 0 amide bonds. The summed E-state index contributed by atoms with van der Waals surface area (Å²) >= 11 is 0. The van der Waals surface area contributed by atoms with Crippen molar-refractivity contribution >= 4 is 0 Å². The minimum atomic E-state index is -2.48. The molecule has 0 bridgehead atoms. The van der Waals surface area contributed by atoms with E-state index < -0.39 is 5.92 Å². The number of hydrogen-bond acceptors (Lipinski definition) is 2. The standard InChI is InChI=1S/C17H25F2NO/c1-11-5-6-14(16(21-4)12(11)2)15(20-3)13-7-9-17(18,19)10-8-13/h5-6,13,15,20H,7-10H2,1-4H3. The van der Waals surface area contributed by atoms with Crippen LogP contribution in [-0.2, 0) is 0 Å². The van der Waals surface area contributed by atoms with Crippen molar-refractivity contribution in [3.05, 3.63) is 28.8 Å². The maximum atomic E-state index is 13.4. The predicted octanol–water partition coefficient (Wildman–Crippen LogP) is 4.40. The van der Waals surface area contributed by atoms with E-state index in [1.54, 1.807) is 7.11 Å². The number of methoxy groups -OCH3 is 1. The fourth-order valence-electron chi connectivity index (χ4n) is 3.37. The summed E-state index contributed by atoms with van der Waals surface area (Å²) in [5.74, 6) is -1.38. The van der Waals surface area contributed by atoms with E-state index >= 15 is 0 Å². The number of aryl methyl sites for hydroxylation is 1. The van der Waals surface area contributed by atoms with E-state index in [0.717, 1.165) is 16.9 Å². The first kappa shape index (κ1) is 16.2. The first-order valence-electron chi connectivity index (χ1n) is 7.59. The molecule has 0 aromatic heterocycles. The SMILES string of the molecule is CNC(c1ccc(C)c(C)c1OC)C1CCC(F)(F)CC1. The molecule has 2 rings (SSSR count). The van der Waals surface area contributed by atoms with Crippen LogP contribution in [0.2, 0.25) is 0 Å². The Hall–Kier alpha value is -1.16. The van der Waals surface area contributed by atoms with Crippen LogP contribution in [0.1, 0.15) is 48.4 Å². The molecule has 1 aromatic rings. The minimum Gasteiger partial charge on any atom is -0.496 e. The van der Waals surface area contributed by atoms with E-state index in [1.165, 1.54) is 5.56 Å². The van der Waals surface area contributed by atoms with Gasteiger partial charge in [0.25, 0.3) is 0 Å². The van der Waals surface area contributed by atoms with E-state index in [0.29, 0.717) is 12.8 Å². The van der Waals surface area contributed by atoms with Gasteiger partial charge in [-0.3, -0.25) is 0 Å². The van der Waals surface area contributed by atoms with Crippen LogP contribution >= 0.6 is 0 Å². The highest BCUT2D eigenvalue weighted by atomic mass is 19.3. The zero-order valence-electron chi connectivity index (χ0n) is 13.3. The molecule has 0 radical (unpaired) electrons. The summed E-state index contributed by atoms with van der Waals surface area (Å²) in [6.45, 7) is 4.09. The van der Waals surface area contributed by atoms with Crippen LogP contribution in [0.5, 0.6) is 5.75 Å². The van der Waals surface area contributed by atoms with Gasteiger partial charge in [-0.25, -0.2) is 8.78 Å². The van der Waals surface area contributed by atoms with Crippen molar-refractivity contribution < 1.29 is 13.5 Å². The van der Waals surface area contributed by atoms with Gasteiger partial charge >= 0.3 is 0 Å². The fourth-order valence-corrected chi connectivity index (χ4v) is 3.37. The molecule has 118 valence electrons. The van der Waals surface area contributed by atoms with E-state index in [2.05, 4.69) is 24.4 Å². The summed E-state index contributed by atoms with van der Waals surface area (Å²) in [5, 5.41) is 3.31. The maximum absolute atomic E-state index is 13.4. The molecule has 2 nitrogen and oxygen atoms in total. The van der Waals surface area contributed by atoms with Gasteiger partial charge in [0.1, 0.15) is 5.75 Å². The second-order valence-corrected chi connectivity index (χ2v) is 6.09. The molecule has 1 fully saturated rings. The number of rotatable bonds is 4. The van der Waals surface area contributed by atoms with Gasteiger partial charge in [-0.05, 0) is 50.8 Å². The number of nitrogens with one attached hydrogen (secondary N) is 1. The molecule has 1 atom stereocenters. The van der Waals surface area contributed by atoms with Gasteiger partial charge in [0.2, 0.25) is 5.92 Å². The van der Waals surface area contributed by atoms with Crippen LogP contribution < -0.4 is 10.1 Å². The van der Waals surface area contributed by atoms with Crippen LogP contribution in [0.25, 0.3) is 0 Å². The molecule has 1 saturated carbocycles. The monoisotopic (exact) mass is 297 g/mol. The molecule has 0 spiro atoms. The quantitative estimate of drug-likeness (QED) is 0.889. The average molecular weight is 297 g/mol. The minimum absolute atomic E-state index is 0.0109. The highest BCUT2D eigenvalue weighted by molar-refractivity contribution is 5.47.